The summed E-state index contributed by atoms with van der Waals surface area (Å²) in [5.41, 5.74) is -1.32. The van der Waals surface area contributed by atoms with Crippen LogP contribution in [-0.2, 0) is 6.18 Å². The number of rotatable bonds is 5. The molecule has 4 N–H and O–H groups in total. The van der Waals surface area contributed by atoms with E-state index in [9.17, 15) is 23.4 Å². The van der Waals surface area contributed by atoms with Crippen LogP contribution >= 0.6 is 0 Å². The molecule has 19 heavy (non-hydrogen) atoms. The van der Waals surface area contributed by atoms with E-state index in [-0.39, 0.29) is 12.0 Å². The first kappa shape index (κ1) is 15.7. The molecule has 1 aromatic rings. The lowest BCUT2D eigenvalue weighted by atomic mass is 9.99. The third-order valence-electron chi connectivity index (χ3n) is 2.72. The Labute approximate surface area is 108 Å². The van der Waals surface area contributed by atoms with Gasteiger partial charge in [-0.2, -0.15) is 13.2 Å². The highest BCUT2D eigenvalue weighted by Gasteiger charge is 2.34. The highest BCUT2D eigenvalue weighted by Crippen LogP contribution is 2.37. The van der Waals surface area contributed by atoms with E-state index in [0.29, 0.717) is 12.6 Å². The van der Waals surface area contributed by atoms with Gasteiger partial charge in [-0.25, -0.2) is 0 Å². The minimum atomic E-state index is -4.71. The van der Waals surface area contributed by atoms with E-state index in [1.165, 1.54) is 0 Å². The number of aliphatic hydroxyl groups excluding tert-OH is 2. The van der Waals surface area contributed by atoms with Gasteiger partial charge in [0.2, 0.25) is 0 Å². The SMILES string of the molecule is CNCCC(O)C(O)c1ccc(O)c(C(F)(F)F)c1. The Bertz CT molecular complexity index is 423. The molecule has 0 spiro atoms. The van der Waals surface area contributed by atoms with Crippen LogP contribution in [0.25, 0.3) is 0 Å². The standard InChI is InChI=1S/C12H16F3NO3/c1-16-5-4-10(18)11(19)7-2-3-9(17)8(6-7)12(13,14)15/h2-3,6,10-11,16-19H,4-5H2,1H3. The second kappa shape index (κ2) is 6.23. The molecule has 0 saturated heterocycles. The third kappa shape index (κ3) is 4.09. The predicted molar refractivity (Wildman–Crippen MR) is 62.6 cm³/mol. The van der Waals surface area contributed by atoms with Gasteiger partial charge in [0, 0.05) is 0 Å². The van der Waals surface area contributed by atoms with Gasteiger partial charge in [-0.05, 0) is 37.7 Å². The molecule has 1 aromatic carbocycles. The first-order valence-corrected chi connectivity index (χ1v) is 5.68. The van der Waals surface area contributed by atoms with Crippen molar-refractivity contribution in [3.05, 3.63) is 29.3 Å². The molecule has 7 heteroatoms. The minimum absolute atomic E-state index is 0.0891. The van der Waals surface area contributed by atoms with Crippen LogP contribution in [0.2, 0.25) is 0 Å². The minimum Gasteiger partial charge on any atom is -0.507 e. The summed E-state index contributed by atoms with van der Waals surface area (Å²) in [5.74, 6) is -0.909. The molecule has 0 radical (unpaired) electrons. The summed E-state index contributed by atoms with van der Waals surface area (Å²) in [6, 6.07) is 2.65. The summed E-state index contributed by atoms with van der Waals surface area (Å²) in [6.07, 6.45) is -7.14. The summed E-state index contributed by atoms with van der Waals surface area (Å²) in [6.45, 7) is 0.419. The molecular formula is C12H16F3NO3. The zero-order valence-corrected chi connectivity index (χ0v) is 10.3. The fourth-order valence-corrected chi connectivity index (χ4v) is 1.64. The van der Waals surface area contributed by atoms with Gasteiger partial charge in [0.1, 0.15) is 11.9 Å². The molecule has 4 nitrogen and oxygen atoms in total. The van der Waals surface area contributed by atoms with Crippen molar-refractivity contribution in [2.24, 2.45) is 0 Å². The second-order valence-corrected chi connectivity index (χ2v) is 4.18. The summed E-state index contributed by atoms with van der Waals surface area (Å²) >= 11 is 0. The van der Waals surface area contributed by atoms with Gasteiger partial charge in [-0.3, -0.25) is 0 Å². The lowest BCUT2D eigenvalue weighted by Crippen LogP contribution is -2.23. The van der Waals surface area contributed by atoms with Crippen LogP contribution in [0.3, 0.4) is 0 Å². The summed E-state index contributed by atoms with van der Waals surface area (Å²) in [5, 5.41) is 31.3. The number of aliphatic hydroxyl groups is 2. The first-order valence-electron chi connectivity index (χ1n) is 5.68. The van der Waals surface area contributed by atoms with Gasteiger partial charge >= 0.3 is 6.18 Å². The van der Waals surface area contributed by atoms with Crippen LogP contribution in [0.5, 0.6) is 5.75 Å². The van der Waals surface area contributed by atoms with Gasteiger partial charge in [-0.1, -0.05) is 6.07 Å². The molecule has 0 saturated carbocycles. The Balaban J connectivity index is 2.95. The van der Waals surface area contributed by atoms with E-state index in [0.717, 1.165) is 12.1 Å². The fraction of sp³-hybridized carbons (Fsp3) is 0.500. The number of phenols is 1. The molecule has 0 heterocycles. The Morgan fingerprint density at radius 1 is 1.26 bits per heavy atom. The van der Waals surface area contributed by atoms with Crippen LogP contribution < -0.4 is 5.32 Å². The number of hydrogen-bond donors (Lipinski definition) is 4. The van der Waals surface area contributed by atoms with Crippen molar-refractivity contribution in [3.8, 4) is 5.75 Å². The molecule has 1 rings (SSSR count). The zero-order chi connectivity index (χ0) is 14.6. The molecule has 0 aliphatic rings. The normalized spacial score (nSPS) is 15.3. The quantitative estimate of drug-likeness (QED) is 0.657. The molecule has 2 unspecified atom stereocenters. The first-order chi connectivity index (χ1) is 8.77. The van der Waals surface area contributed by atoms with Crippen molar-refractivity contribution in [1.29, 1.82) is 0 Å². The van der Waals surface area contributed by atoms with E-state index in [1.807, 2.05) is 0 Å². The smallest absolute Gasteiger partial charge is 0.419 e. The van der Waals surface area contributed by atoms with E-state index < -0.39 is 29.7 Å². The molecule has 0 fully saturated rings. The van der Waals surface area contributed by atoms with Crippen molar-refractivity contribution < 1.29 is 28.5 Å². The topological polar surface area (TPSA) is 72.7 Å². The number of hydrogen-bond acceptors (Lipinski definition) is 4. The second-order valence-electron chi connectivity index (χ2n) is 4.18. The van der Waals surface area contributed by atoms with E-state index >= 15 is 0 Å². The highest BCUT2D eigenvalue weighted by molar-refractivity contribution is 5.39. The number of phenolic OH excluding ortho intramolecular Hbond substituents is 1. The fourth-order valence-electron chi connectivity index (χ4n) is 1.64. The molecule has 0 bridgehead atoms. The lowest BCUT2D eigenvalue weighted by molar-refractivity contribution is -0.138. The molecule has 0 aliphatic heterocycles. The predicted octanol–water partition coefficient (Wildman–Crippen LogP) is 1.41. The average molecular weight is 279 g/mol. The van der Waals surface area contributed by atoms with E-state index in [1.54, 1.807) is 7.05 Å². The van der Waals surface area contributed by atoms with Crippen molar-refractivity contribution in [2.75, 3.05) is 13.6 Å². The Morgan fingerprint density at radius 3 is 2.42 bits per heavy atom. The zero-order valence-electron chi connectivity index (χ0n) is 10.3. The molecule has 2 atom stereocenters. The molecule has 108 valence electrons. The van der Waals surface area contributed by atoms with E-state index in [2.05, 4.69) is 5.32 Å². The highest BCUT2D eigenvalue weighted by atomic mass is 19.4. The van der Waals surface area contributed by atoms with Crippen molar-refractivity contribution in [1.82, 2.24) is 5.32 Å². The summed E-state index contributed by atoms with van der Waals surface area (Å²) in [7, 11) is 1.65. The third-order valence-corrected chi connectivity index (χ3v) is 2.72. The Kier molecular flexibility index (Phi) is 5.16. The maximum absolute atomic E-state index is 12.6. The largest absolute Gasteiger partial charge is 0.507 e. The maximum Gasteiger partial charge on any atom is 0.419 e. The number of halogens is 3. The molecule has 0 amide bonds. The summed E-state index contributed by atoms with van der Waals surface area (Å²) in [4.78, 5) is 0. The van der Waals surface area contributed by atoms with Gasteiger partial charge in [0.05, 0.1) is 11.7 Å². The van der Waals surface area contributed by atoms with Crippen LogP contribution in [0.4, 0.5) is 13.2 Å². The maximum atomic E-state index is 12.6. The average Bonchev–Trinajstić information content (AvgIpc) is 2.34. The van der Waals surface area contributed by atoms with Gasteiger partial charge in [0.25, 0.3) is 0 Å². The van der Waals surface area contributed by atoms with Gasteiger partial charge < -0.3 is 20.6 Å². The van der Waals surface area contributed by atoms with Gasteiger partial charge in [0.15, 0.2) is 0 Å². The number of alkyl halides is 3. The molecular weight excluding hydrogens is 263 g/mol. The van der Waals surface area contributed by atoms with Crippen LogP contribution in [0.1, 0.15) is 23.7 Å². The number of benzene rings is 1. The van der Waals surface area contributed by atoms with Crippen LogP contribution in [-0.4, -0.2) is 35.0 Å². The summed E-state index contributed by atoms with van der Waals surface area (Å²) < 4.78 is 37.7. The van der Waals surface area contributed by atoms with E-state index in [4.69, 9.17) is 5.11 Å². The Hall–Kier alpha value is -1.31. The van der Waals surface area contributed by atoms with Crippen molar-refractivity contribution in [2.45, 2.75) is 24.8 Å². The molecule has 0 aliphatic carbocycles. The number of nitrogens with one attached hydrogen (secondary N) is 1. The number of aromatic hydroxyl groups is 1. The molecule has 0 aromatic heterocycles. The lowest BCUT2D eigenvalue weighted by Gasteiger charge is -2.19. The van der Waals surface area contributed by atoms with Crippen molar-refractivity contribution in [3.63, 3.8) is 0 Å². The van der Waals surface area contributed by atoms with Crippen molar-refractivity contribution >= 4 is 0 Å². The monoisotopic (exact) mass is 279 g/mol. The van der Waals surface area contributed by atoms with Crippen LogP contribution in [0, 0.1) is 0 Å². The van der Waals surface area contributed by atoms with Crippen LogP contribution in [0.15, 0.2) is 18.2 Å². The van der Waals surface area contributed by atoms with Gasteiger partial charge in [-0.15, -0.1) is 0 Å². The Morgan fingerprint density at radius 2 is 1.89 bits per heavy atom.